The highest BCUT2D eigenvalue weighted by atomic mass is 16.5. The van der Waals surface area contributed by atoms with Crippen LogP contribution in [0.25, 0.3) is 0 Å². The summed E-state index contributed by atoms with van der Waals surface area (Å²) < 4.78 is 5.27. The molecular formula is C15H31NO. The van der Waals surface area contributed by atoms with Gasteiger partial charge in [-0.3, -0.25) is 0 Å². The predicted octanol–water partition coefficient (Wildman–Crippen LogP) is 3.61. The Morgan fingerprint density at radius 2 is 1.82 bits per heavy atom. The highest BCUT2D eigenvalue weighted by Gasteiger charge is 2.23. The van der Waals surface area contributed by atoms with E-state index in [0.717, 1.165) is 19.1 Å². The van der Waals surface area contributed by atoms with Gasteiger partial charge in [0.05, 0.1) is 0 Å². The molecule has 0 radical (unpaired) electrons. The molecule has 1 fully saturated rings. The van der Waals surface area contributed by atoms with E-state index in [1.165, 1.54) is 44.9 Å². The van der Waals surface area contributed by atoms with Gasteiger partial charge in [-0.25, -0.2) is 0 Å². The molecule has 0 bridgehead atoms. The van der Waals surface area contributed by atoms with Crippen LogP contribution in [0.4, 0.5) is 0 Å². The van der Waals surface area contributed by atoms with Crippen LogP contribution in [-0.2, 0) is 4.74 Å². The molecule has 0 heterocycles. The SMILES string of the molecule is CCNC(CC(C)COC)C1CCCCCC1. The van der Waals surface area contributed by atoms with E-state index in [-0.39, 0.29) is 0 Å². The molecule has 102 valence electrons. The summed E-state index contributed by atoms with van der Waals surface area (Å²) in [5, 5.41) is 3.71. The van der Waals surface area contributed by atoms with Gasteiger partial charge in [0.2, 0.25) is 0 Å². The van der Waals surface area contributed by atoms with E-state index < -0.39 is 0 Å². The number of methoxy groups -OCH3 is 1. The molecule has 0 aromatic heterocycles. The molecule has 17 heavy (non-hydrogen) atoms. The van der Waals surface area contributed by atoms with E-state index >= 15 is 0 Å². The molecule has 2 nitrogen and oxygen atoms in total. The number of rotatable bonds is 7. The maximum absolute atomic E-state index is 5.27. The summed E-state index contributed by atoms with van der Waals surface area (Å²) in [6, 6.07) is 0.711. The van der Waals surface area contributed by atoms with Crippen LogP contribution in [0.15, 0.2) is 0 Å². The normalized spacial score (nSPS) is 22.1. The third-order valence-corrected chi connectivity index (χ3v) is 4.04. The van der Waals surface area contributed by atoms with Crippen molar-refractivity contribution in [1.29, 1.82) is 0 Å². The monoisotopic (exact) mass is 241 g/mol. The van der Waals surface area contributed by atoms with Crippen molar-refractivity contribution in [1.82, 2.24) is 5.32 Å². The first-order valence-corrected chi connectivity index (χ1v) is 7.50. The van der Waals surface area contributed by atoms with Crippen molar-refractivity contribution in [2.45, 2.75) is 64.8 Å². The average molecular weight is 241 g/mol. The van der Waals surface area contributed by atoms with E-state index in [1.54, 1.807) is 0 Å². The van der Waals surface area contributed by atoms with Crippen molar-refractivity contribution in [2.75, 3.05) is 20.3 Å². The zero-order valence-electron chi connectivity index (χ0n) is 12.0. The second-order valence-corrected chi connectivity index (χ2v) is 5.71. The molecule has 2 heteroatoms. The van der Waals surface area contributed by atoms with Crippen LogP contribution in [0.3, 0.4) is 0 Å². The van der Waals surface area contributed by atoms with Crippen molar-refractivity contribution >= 4 is 0 Å². The molecule has 0 saturated heterocycles. The van der Waals surface area contributed by atoms with Crippen molar-refractivity contribution in [3.05, 3.63) is 0 Å². The molecule has 1 rings (SSSR count). The van der Waals surface area contributed by atoms with Gasteiger partial charge in [0.1, 0.15) is 0 Å². The lowest BCUT2D eigenvalue weighted by Gasteiger charge is -2.29. The largest absolute Gasteiger partial charge is 0.384 e. The molecule has 2 atom stereocenters. The predicted molar refractivity (Wildman–Crippen MR) is 74.3 cm³/mol. The standard InChI is InChI=1S/C15H31NO/c1-4-16-15(11-13(2)12-17-3)14-9-7-5-6-8-10-14/h13-16H,4-12H2,1-3H3. The Balaban J connectivity index is 2.44. The van der Waals surface area contributed by atoms with Crippen molar-refractivity contribution in [3.8, 4) is 0 Å². The summed E-state index contributed by atoms with van der Waals surface area (Å²) in [7, 11) is 1.81. The van der Waals surface area contributed by atoms with E-state index in [2.05, 4.69) is 19.2 Å². The number of nitrogens with one attached hydrogen (secondary N) is 1. The minimum Gasteiger partial charge on any atom is -0.384 e. The summed E-state index contributed by atoms with van der Waals surface area (Å²) >= 11 is 0. The maximum atomic E-state index is 5.27. The Kier molecular flexibility index (Phi) is 7.87. The van der Waals surface area contributed by atoms with Crippen LogP contribution in [0.1, 0.15) is 58.8 Å². The Hall–Kier alpha value is -0.0800. The molecule has 0 aromatic carbocycles. The average Bonchev–Trinajstić information content (AvgIpc) is 2.57. The minimum absolute atomic E-state index is 0.673. The van der Waals surface area contributed by atoms with Crippen LogP contribution in [0.2, 0.25) is 0 Å². The maximum Gasteiger partial charge on any atom is 0.0488 e. The van der Waals surface area contributed by atoms with Crippen molar-refractivity contribution in [2.24, 2.45) is 11.8 Å². The third kappa shape index (κ3) is 5.87. The smallest absolute Gasteiger partial charge is 0.0488 e. The number of hydrogen-bond donors (Lipinski definition) is 1. The van der Waals surface area contributed by atoms with Gasteiger partial charge in [0.15, 0.2) is 0 Å². The number of hydrogen-bond acceptors (Lipinski definition) is 2. The van der Waals surface area contributed by atoms with E-state index in [4.69, 9.17) is 4.74 Å². The second-order valence-electron chi connectivity index (χ2n) is 5.71. The Bertz CT molecular complexity index is 176. The van der Waals surface area contributed by atoms with Gasteiger partial charge < -0.3 is 10.1 Å². The Morgan fingerprint density at radius 1 is 1.18 bits per heavy atom. The zero-order chi connectivity index (χ0) is 12.5. The lowest BCUT2D eigenvalue weighted by atomic mass is 9.86. The molecular weight excluding hydrogens is 210 g/mol. The summed E-state index contributed by atoms with van der Waals surface area (Å²) in [4.78, 5) is 0. The fraction of sp³-hybridized carbons (Fsp3) is 1.00. The van der Waals surface area contributed by atoms with Crippen LogP contribution in [0.5, 0.6) is 0 Å². The summed E-state index contributed by atoms with van der Waals surface area (Å²) in [5.74, 6) is 1.57. The van der Waals surface area contributed by atoms with Crippen LogP contribution < -0.4 is 5.32 Å². The van der Waals surface area contributed by atoms with Crippen LogP contribution >= 0.6 is 0 Å². The van der Waals surface area contributed by atoms with Crippen molar-refractivity contribution < 1.29 is 4.74 Å². The molecule has 1 N–H and O–H groups in total. The van der Waals surface area contributed by atoms with Gasteiger partial charge in [-0.1, -0.05) is 39.5 Å². The lowest BCUT2D eigenvalue weighted by Crippen LogP contribution is -2.38. The highest BCUT2D eigenvalue weighted by molar-refractivity contribution is 4.79. The topological polar surface area (TPSA) is 21.3 Å². The molecule has 0 aliphatic heterocycles. The minimum atomic E-state index is 0.673. The summed E-state index contributed by atoms with van der Waals surface area (Å²) in [6.07, 6.45) is 9.89. The second kappa shape index (κ2) is 8.93. The van der Waals surface area contributed by atoms with E-state index in [9.17, 15) is 0 Å². The summed E-state index contributed by atoms with van der Waals surface area (Å²) in [5.41, 5.74) is 0. The Labute approximate surface area is 108 Å². The molecule has 1 aliphatic rings. The molecule has 0 amide bonds. The zero-order valence-corrected chi connectivity index (χ0v) is 12.0. The first-order valence-electron chi connectivity index (χ1n) is 7.50. The Morgan fingerprint density at radius 3 is 2.35 bits per heavy atom. The third-order valence-electron chi connectivity index (χ3n) is 4.04. The molecule has 0 spiro atoms. The van der Waals surface area contributed by atoms with Gasteiger partial charge in [-0.15, -0.1) is 0 Å². The molecule has 1 aliphatic carbocycles. The fourth-order valence-electron chi connectivity index (χ4n) is 3.20. The van der Waals surface area contributed by atoms with Crippen LogP contribution in [0, 0.1) is 11.8 Å². The van der Waals surface area contributed by atoms with Crippen LogP contribution in [-0.4, -0.2) is 26.3 Å². The molecule has 1 saturated carbocycles. The van der Waals surface area contributed by atoms with E-state index in [0.29, 0.717) is 12.0 Å². The highest BCUT2D eigenvalue weighted by Crippen LogP contribution is 2.28. The number of ether oxygens (including phenoxy) is 1. The van der Waals surface area contributed by atoms with Crippen molar-refractivity contribution in [3.63, 3.8) is 0 Å². The van der Waals surface area contributed by atoms with Gasteiger partial charge in [0, 0.05) is 19.8 Å². The molecule has 0 aromatic rings. The quantitative estimate of drug-likeness (QED) is 0.688. The van der Waals surface area contributed by atoms with Gasteiger partial charge in [0.25, 0.3) is 0 Å². The van der Waals surface area contributed by atoms with E-state index in [1.807, 2.05) is 7.11 Å². The lowest BCUT2D eigenvalue weighted by molar-refractivity contribution is 0.141. The van der Waals surface area contributed by atoms with Gasteiger partial charge in [-0.2, -0.15) is 0 Å². The summed E-state index contributed by atoms with van der Waals surface area (Å²) in [6.45, 7) is 6.53. The fourth-order valence-corrected chi connectivity index (χ4v) is 3.20. The van der Waals surface area contributed by atoms with Gasteiger partial charge in [-0.05, 0) is 37.6 Å². The first-order chi connectivity index (χ1) is 8.27. The molecule has 2 unspecified atom stereocenters. The van der Waals surface area contributed by atoms with Gasteiger partial charge >= 0.3 is 0 Å². The first kappa shape index (κ1) is 15.0.